The van der Waals surface area contributed by atoms with Gasteiger partial charge in [0.1, 0.15) is 0 Å². The smallest absolute Gasteiger partial charge is 0.323 e. The Morgan fingerprint density at radius 3 is 2.22 bits per heavy atom. The molecule has 4 rings (SSSR count). The van der Waals surface area contributed by atoms with Crippen molar-refractivity contribution < 1.29 is 24.3 Å². The molecule has 1 saturated heterocycles. The highest BCUT2D eigenvalue weighted by molar-refractivity contribution is 6.00. The number of carboxylic acids is 1. The predicted molar refractivity (Wildman–Crippen MR) is 158 cm³/mol. The van der Waals surface area contributed by atoms with Gasteiger partial charge in [0.15, 0.2) is 6.17 Å². The zero-order chi connectivity index (χ0) is 29.7. The minimum absolute atomic E-state index is 0.0360. The molecular formula is C32H42N4O5. The van der Waals surface area contributed by atoms with E-state index in [0.717, 1.165) is 43.2 Å². The Hall–Kier alpha value is -3.88. The number of carbonyl (C=O) groups excluding carboxylic acids is 3. The molecule has 2 aromatic carbocycles. The Balaban J connectivity index is 1.61. The minimum atomic E-state index is -1.21. The third kappa shape index (κ3) is 7.45. The molecule has 2 aromatic rings. The van der Waals surface area contributed by atoms with Crippen LogP contribution in [0.3, 0.4) is 0 Å². The van der Waals surface area contributed by atoms with E-state index in [-0.39, 0.29) is 36.8 Å². The number of carbonyl (C=O) groups is 4. The van der Waals surface area contributed by atoms with E-state index in [2.05, 4.69) is 31.4 Å². The highest BCUT2D eigenvalue weighted by atomic mass is 16.4. The summed E-state index contributed by atoms with van der Waals surface area (Å²) in [5.41, 5.74) is 2.97. The number of hydrogen-bond donors (Lipinski definition) is 3. The summed E-state index contributed by atoms with van der Waals surface area (Å²) in [6.07, 6.45) is 3.32. The van der Waals surface area contributed by atoms with Gasteiger partial charge in [-0.3, -0.25) is 19.3 Å². The SMILES string of the molecule is Cc1cccc(NC(=O)N2CCN(C(=O)c3ccc(C(C)(C)C)cc3)C2C(=O)NC(CC(=O)O)C2CCCCC2)c1. The van der Waals surface area contributed by atoms with Crippen molar-refractivity contribution in [3.05, 3.63) is 65.2 Å². The van der Waals surface area contributed by atoms with Crippen LogP contribution >= 0.6 is 0 Å². The molecule has 3 N–H and O–H groups in total. The van der Waals surface area contributed by atoms with Crippen LogP contribution < -0.4 is 10.6 Å². The first kappa shape index (κ1) is 30.1. The lowest BCUT2D eigenvalue weighted by Gasteiger charge is -2.34. The van der Waals surface area contributed by atoms with Gasteiger partial charge < -0.3 is 20.6 Å². The second-order valence-electron chi connectivity index (χ2n) is 12.3. The van der Waals surface area contributed by atoms with E-state index < -0.39 is 30.1 Å². The van der Waals surface area contributed by atoms with Gasteiger partial charge in [0.05, 0.1) is 6.42 Å². The zero-order valence-corrected chi connectivity index (χ0v) is 24.5. The Bertz CT molecular complexity index is 1260. The van der Waals surface area contributed by atoms with E-state index in [1.54, 1.807) is 18.2 Å². The van der Waals surface area contributed by atoms with Crippen LogP contribution in [0.4, 0.5) is 10.5 Å². The molecule has 0 spiro atoms. The lowest BCUT2D eigenvalue weighted by Crippen LogP contribution is -2.57. The van der Waals surface area contributed by atoms with Crippen LogP contribution in [0, 0.1) is 12.8 Å². The van der Waals surface area contributed by atoms with Gasteiger partial charge in [0.2, 0.25) is 0 Å². The first-order valence-corrected chi connectivity index (χ1v) is 14.5. The number of hydrogen-bond acceptors (Lipinski definition) is 4. The average Bonchev–Trinajstić information content (AvgIpc) is 3.38. The molecule has 9 nitrogen and oxygen atoms in total. The molecule has 9 heteroatoms. The maximum atomic E-state index is 13.9. The van der Waals surface area contributed by atoms with Crippen molar-refractivity contribution >= 4 is 29.5 Å². The second-order valence-corrected chi connectivity index (χ2v) is 12.3. The highest BCUT2D eigenvalue weighted by Crippen LogP contribution is 2.29. The van der Waals surface area contributed by atoms with Crippen molar-refractivity contribution in [2.45, 2.75) is 83.8 Å². The van der Waals surface area contributed by atoms with Crippen molar-refractivity contribution in [1.29, 1.82) is 0 Å². The third-order valence-corrected chi connectivity index (χ3v) is 8.14. The highest BCUT2D eigenvalue weighted by Gasteiger charge is 2.44. The Morgan fingerprint density at radius 1 is 0.951 bits per heavy atom. The molecule has 1 aliphatic carbocycles. The topological polar surface area (TPSA) is 119 Å². The molecule has 220 valence electrons. The molecule has 0 radical (unpaired) electrons. The van der Waals surface area contributed by atoms with Gasteiger partial charge in [-0.05, 0) is 66.5 Å². The number of nitrogens with one attached hydrogen (secondary N) is 2. The lowest BCUT2D eigenvalue weighted by atomic mass is 9.82. The maximum absolute atomic E-state index is 13.9. The molecular weight excluding hydrogens is 520 g/mol. The summed E-state index contributed by atoms with van der Waals surface area (Å²) in [5.74, 6) is -1.86. The van der Waals surface area contributed by atoms with Gasteiger partial charge in [-0.2, -0.15) is 0 Å². The number of aryl methyl sites for hydroxylation is 1. The number of anilines is 1. The van der Waals surface area contributed by atoms with E-state index in [0.29, 0.717) is 11.3 Å². The van der Waals surface area contributed by atoms with Gasteiger partial charge in [0.25, 0.3) is 11.8 Å². The molecule has 0 bridgehead atoms. The van der Waals surface area contributed by atoms with Crippen LogP contribution in [0.2, 0.25) is 0 Å². The number of rotatable bonds is 7. The molecule has 1 aliphatic heterocycles. The first-order valence-electron chi connectivity index (χ1n) is 14.5. The normalized spacial score (nSPS) is 18.6. The Morgan fingerprint density at radius 2 is 1.61 bits per heavy atom. The van der Waals surface area contributed by atoms with Crippen molar-refractivity contribution in [3.63, 3.8) is 0 Å². The van der Waals surface area contributed by atoms with Crippen LogP contribution in [0.1, 0.15) is 80.8 Å². The zero-order valence-electron chi connectivity index (χ0n) is 24.5. The number of amides is 4. The molecule has 4 amide bonds. The molecule has 2 unspecified atom stereocenters. The fourth-order valence-corrected chi connectivity index (χ4v) is 5.85. The molecule has 1 saturated carbocycles. The van der Waals surface area contributed by atoms with Crippen LogP contribution in [0.15, 0.2) is 48.5 Å². The van der Waals surface area contributed by atoms with E-state index in [9.17, 15) is 24.3 Å². The van der Waals surface area contributed by atoms with Crippen molar-refractivity contribution in [2.24, 2.45) is 5.92 Å². The van der Waals surface area contributed by atoms with E-state index >= 15 is 0 Å². The fraction of sp³-hybridized carbons (Fsp3) is 0.500. The quantitative estimate of drug-likeness (QED) is 0.431. The Kier molecular flexibility index (Phi) is 9.35. The molecule has 1 heterocycles. The lowest BCUT2D eigenvalue weighted by molar-refractivity contribution is -0.138. The second kappa shape index (κ2) is 12.7. The van der Waals surface area contributed by atoms with Crippen molar-refractivity contribution in [2.75, 3.05) is 18.4 Å². The monoisotopic (exact) mass is 562 g/mol. The van der Waals surface area contributed by atoms with E-state index in [4.69, 9.17) is 0 Å². The summed E-state index contributed by atoms with van der Waals surface area (Å²) in [7, 11) is 0. The van der Waals surface area contributed by atoms with E-state index in [1.807, 2.05) is 37.3 Å². The van der Waals surface area contributed by atoms with Gasteiger partial charge >= 0.3 is 12.0 Å². The van der Waals surface area contributed by atoms with Crippen molar-refractivity contribution in [1.82, 2.24) is 15.1 Å². The summed E-state index contributed by atoms with van der Waals surface area (Å²) in [5, 5.41) is 15.4. The molecule has 41 heavy (non-hydrogen) atoms. The molecule has 2 fully saturated rings. The average molecular weight is 563 g/mol. The first-order chi connectivity index (χ1) is 19.4. The molecule has 0 aromatic heterocycles. The largest absolute Gasteiger partial charge is 0.481 e. The van der Waals surface area contributed by atoms with Crippen LogP contribution in [-0.4, -0.2) is 64.0 Å². The van der Waals surface area contributed by atoms with E-state index in [1.165, 1.54) is 9.80 Å². The van der Waals surface area contributed by atoms with Gasteiger partial charge in [-0.25, -0.2) is 4.79 Å². The standard InChI is InChI=1S/C32H42N4O5/c1-21-9-8-12-25(19-21)33-31(41)36-18-17-35(30(40)23-13-15-24(16-14-23)32(2,3)4)29(36)28(39)34-26(20-27(37)38)22-10-6-5-7-11-22/h8-9,12-16,19,22,26,29H,5-7,10-11,17-18,20H2,1-4H3,(H,33,41)(H,34,39)(H,37,38). The van der Waals surface area contributed by atoms with Gasteiger partial charge in [-0.15, -0.1) is 0 Å². The number of nitrogens with zero attached hydrogens (tertiary/aromatic N) is 2. The van der Waals surface area contributed by atoms with Crippen LogP contribution in [0.25, 0.3) is 0 Å². The van der Waals surface area contributed by atoms with Gasteiger partial charge in [-0.1, -0.05) is 64.3 Å². The molecule has 2 atom stereocenters. The van der Waals surface area contributed by atoms with Crippen molar-refractivity contribution in [3.8, 4) is 0 Å². The summed E-state index contributed by atoms with van der Waals surface area (Å²) in [6.45, 7) is 8.53. The predicted octanol–water partition coefficient (Wildman–Crippen LogP) is 5.15. The summed E-state index contributed by atoms with van der Waals surface area (Å²) in [6, 6.07) is 13.6. The number of carboxylic acid groups (broad SMARTS) is 1. The number of urea groups is 1. The maximum Gasteiger partial charge on any atom is 0.323 e. The number of aliphatic carboxylic acids is 1. The Labute approximate surface area is 242 Å². The minimum Gasteiger partial charge on any atom is -0.481 e. The summed E-state index contributed by atoms with van der Waals surface area (Å²) >= 11 is 0. The molecule has 2 aliphatic rings. The number of benzene rings is 2. The summed E-state index contributed by atoms with van der Waals surface area (Å²) < 4.78 is 0. The van der Waals surface area contributed by atoms with Crippen LogP contribution in [-0.2, 0) is 15.0 Å². The summed E-state index contributed by atoms with van der Waals surface area (Å²) in [4.78, 5) is 55.6. The van der Waals surface area contributed by atoms with Gasteiger partial charge in [0, 0.05) is 30.4 Å². The van der Waals surface area contributed by atoms with Crippen LogP contribution in [0.5, 0.6) is 0 Å². The third-order valence-electron chi connectivity index (χ3n) is 8.14. The fourth-order valence-electron chi connectivity index (χ4n) is 5.85.